The molecule has 3 heterocycles. The van der Waals surface area contributed by atoms with E-state index in [1.54, 1.807) is 17.4 Å². The summed E-state index contributed by atoms with van der Waals surface area (Å²) in [4.78, 5) is 22.7. The van der Waals surface area contributed by atoms with Gasteiger partial charge in [0.1, 0.15) is 18.1 Å². The van der Waals surface area contributed by atoms with Gasteiger partial charge in [0.2, 0.25) is 5.89 Å². The topological polar surface area (TPSA) is 105 Å². The Morgan fingerprint density at radius 3 is 2.75 bits per heavy atom. The SMILES string of the molecule is CCOC(=O)N1CCC(NC(=NCc2ncc(C(C)(C)C)o2)NCCc2ccco2)CC1. The maximum atomic E-state index is 11.9. The van der Waals surface area contributed by atoms with Gasteiger partial charge in [-0.3, -0.25) is 0 Å². The maximum Gasteiger partial charge on any atom is 0.409 e. The average molecular weight is 446 g/mol. The average Bonchev–Trinajstić information content (AvgIpc) is 3.44. The van der Waals surface area contributed by atoms with E-state index in [2.05, 4.69) is 41.4 Å². The van der Waals surface area contributed by atoms with Crippen molar-refractivity contribution in [3.8, 4) is 0 Å². The van der Waals surface area contributed by atoms with Crippen molar-refractivity contribution in [3.05, 3.63) is 42.0 Å². The molecular formula is C23H35N5O4. The van der Waals surface area contributed by atoms with E-state index in [1.807, 2.05) is 19.1 Å². The molecule has 2 N–H and O–H groups in total. The number of hydrogen-bond donors (Lipinski definition) is 2. The summed E-state index contributed by atoms with van der Waals surface area (Å²) in [5.74, 6) is 3.04. The molecule has 2 aromatic rings. The van der Waals surface area contributed by atoms with Gasteiger partial charge in [-0.25, -0.2) is 14.8 Å². The molecule has 0 spiro atoms. The molecule has 0 aliphatic carbocycles. The Hall–Kier alpha value is -2.97. The van der Waals surface area contributed by atoms with Crippen LogP contribution in [0.15, 0.2) is 38.4 Å². The molecule has 1 saturated heterocycles. The van der Waals surface area contributed by atoms with E-state index < -0.39 is 0 Å². The molecule has 0 bridgehead atoms. The number of carbonyl (C=O) groups excluding carboxylic acids is 1. The van der Waals surface area contributed by atoms with Gasteiger partial charge in [-0.1, -0.05) is 20.8 Å². The highest BCUT2D eigenvalue weighted by atomic mass is 16.6. The number of likely N-dealkylation sites (tertiary alicyclic amines) is 1. The zero-order valence-electron chi connectivity index (χ0n) is 19.5. The number of nitrogens with one attached hydrogen (secondary N) is 2. The van der Waals surface area contributed by atoms with Crippen molar-refractivity contribution < 1.29 is 18.4 Å². The van der Waals surface area contributed by atoms with E-state index in [9.17, 15) is 4.79 Å². The first-order valence-electron chi connectivity index (χ1n) is 11.3. The molecule has 176 valence electrons. The predicted molar refractivity (Wildman–Crippen MR) is 122 cm³/mol. The number of furan rings is 1. The third kappa shape index (κ3) is 7.03. The van der Waals surface area contributed by atoms with Crippen LogP contribution in [-0.4, -0.2) is 54.2 Å². The van der Waals surface area contributed by atoms with Crippen molar-refractivity contribution >= 4 is 12.1 Å². The summed E-state index contributed by atoms with van der Waals surface area (Å²) >= 11 is 0. The Kier molecular flexibility index (Phi) is 8.19. The second-order valence-corrected chi connectivity index (χ2v) is 8.89. The molecule has 1 fully saturated rings. The Morgan fingerprint density at radius 1 is 1.34 bits per heavy atom. The van der Waals surface area contributed by atoms with Crippen LogP contribution in [0.5, 0.6) is 0 Å². The van der Waals surface area contributed by atoms with E-state index in [4.69, 9.17) is 13.6 Å². The number of piperidine rings is 1. The zero-order chi connectivity index (χ0) is 23.0. The van der Waals surface area contributed by atoms with Gasteiger partial charge in [-0.05, 0) is 31.9 Å². The number of aromatic nitrogens is 1. The van der Waals surface area contributed by atoms with Crippen LogP contribution in [0.3, 0.4) is 0 Å². The number of aliphatic imine (C=N–C) groups is 1. The summed E-state index contributed by atoms with van der Waals surface area (Å²) in [6, 6.07) is 4.05. The van der Waals surface area contributed by atoms with Crippen LogP contribution in [0.2, 0.25) is 0 Å². The van der Waals surface area contributed by atoms with E-state index >= 15 is 0 Å². The molecular weight excluding hydrogens is 410 g/mol. The number of amides is 1. The first-order valence-corrected chi connectivity index (χ1v) is 11.3. The minimum atomic E-state index is -0.241. The van der Waals surface area contributed by atoms with Crippen LogP contribution >= 0.6 is 0 Å². The summed E-state index contributed by atoms with van der Waals surface area (Å²) in [7, 11) is 0. The lowest BCUT2D eigenvalue weighted by Crippen LogP contribution is -2.50. The van der Waals surface area contributed by atoms with Gasteiger partial charge in [0.25, 0.3) is 0 Å². The largest absolute Gasteiger partial charge is 0.469 e. The smallest absolute Gasteiger partial charge is 0.409 e. The second-order valence-electron chi connectivity index (χ2n) is 8.89. The van der Waals surface area contributed by atoms with Gasteiger partial charge in [-0.15, -0.1) is 0 Å². The van der Waals surface area contributed by atoms with Gasteiger partial charge in [0, 0.05) is 37.5 Å². The Labute approximate surface area is 189 Å². The quantitative estimate of drug-likeness (QED) is 0.497. The number of nitrogens with zero attached hydrogens (tertiary/aromatic N) is 3. The number of rotatable bonds is 7. The summed E-state index contributed by atoms with van der Waals surface area (Å²) in [6.07, 6.45) is 5.61. The highest BCUT2D eigenvalue weighted by molar-refractivity contribution is 5.80. The van der Waals surface area contributed by atoms with Crippen molar-refractivity contribution in [2.75, 3.05) is 26.2 Å². The molecule has 32 heavy (non-hydrogen) atoms. The zero-order valence-corrected chi connectivity index (χ0v) is 19.5. The lowest BCUT2D eigenvalue weighted by Gasteiger charge is -2.32. The molecule has 1 amide bonds. The number of carbonyl (C=O) groups is 1. The third-order valence-corrected chi connectivity index (χ3v) is 5.27. The van der Waals surface area contributed by atoms with Gasteiger partial charge < -0.3 is 29.1 Å². The van der Waals surface area contributed by atoms with Crippen molar-refractivity contribution in [2.45, 2.75) is 65.0 Å². The normalized spacial score (nSPS) is 15.6. The molecule has 1 aliphatic heterocycles. The molecule has 0 aromatic carbocycles. The van der Waals surface area contributed by atoms with Crippen LogP contribution in [0.1, 0.15) is 57.9 Å². The number of guanidine groups is 1. The molecule has 9 nitrogen and oxygen atoms in total. The Balaban J connectivity index is 1.58. The molecule has 3 rings (SSSR count). The van der Waals surface area contributed by atoms with Crippen LogP contribution in [0, 0.1) is 0 Å². The molecule has 9 heteroatoms. The minimum absolute atomic E-state index is 0.0930. The third-order valence-electron chi connectivity index (χ3n) is 5.27. The fourth-order valence-electron chi connectivity index (χ4n) is 3.40. The first-order chi connectivity index (χ1) is 15.3. The highest BCUT2D eigenvalue weighted by Gasteiger charge is 2.24. The van der Waals surface area contributed by atoms with E-state index in [0.717, 1.165) is 30.8 Å². The van der Waals surface area contributed by atoms with E-state index in [1.165, 1.54) is 0 Å². The van der Waals surface area contributed by atoms with Gasteiger partial charge in [0.05, 0.1) is 19.1 Å². The van der Waals surface area contributed by atoms with Gasteiger partial charge in [-0.2, -0.15) is 0 Å². The fraction of sp³-hybridized carbons (Fsp3) is 0.609. The minimum Gasteiger partial charge on any atom is -0.469 e. The summed E-state index contributed by atoms with van der Waals surface area (Å²) in [5.41, 5.74) is -0.0930. The number of hydrogen-bond acceptors (Lipinski definition) is 6. The van der Waals surface area contributed by atoms with Crippen molar-refractivity contribution in [2.24, 2.45) is 4.99 Å². The molecule has 1 aliphatic rings. The maximum absolute atomic E-state index is 11.9. The number of ether oxygens (including phenoxy) is 1. The Bertz CT molecular complexity index is 861. The van der Waals surface area contributed by atoms with Crippen LogP contribution in [0.4, 0.5) is 4.79 Å². The Morgan fingerprint density at radius 2 is 2.12 bits per heavy atom. The molecule has 0 radical (unpaired) electrons. The highest BCUT2D eigenvalue weighted by Crippen LogP contribution is 2.22. The van der Waals surface area contributed by atoms with Crippen LogP contribution in [0.25, 0.3) is 0 Å². The van der Waals surface area contributed by atoms with Crippen molar-refractivity contribution in [1.29, 1.82) is 0 Å². The number of oxazole rings is 1. The van der Waals surface area contributed by atoms with Crippen molar-refractivity contribution in [3.63, 3.8) is 0 Å². The molecule has 0 saturated carbocycles. The predicted octanol–water partition coefficient (Wildman–Crippen LogP) is 3.46. The first kappa shape index (κ1) is 23.7. The molecule has 2 aromatic heterocycles. The lowest BCUT2D eigenvalue weighted by molar-refractivity contribution is 0.0963. The van der Waals surface area contributed by atoms with Gasteiger partial charge >= 0.3 is 6.09 Å². The summed E-state index contributed by atoms with van der Waals surface area (Å²) < 4.78 is 16.4. The van der Waals surface area contributed by atoms with Crippen molar-refractivity contribution in [1.82, 2.24) is 20.5 Å². The lowest BCUT2D eigenvalue weighted by atomic mass is 9.94. The van der Waals surface area contributed by atoms with E-state index in [0.29, 0.717) is 44.6 Å². The molecule has 0 unspecified atom stereocenters. The second kappa shape index (κ2) is 11.1. The van der Waals surface area contributed by atoms with Crippen LogP contribution in [-0.2, 0) is 23.1 Å². The molecule has 0 atom stereocenters. The van der Waals surface area contributed by atoms with Crippen LogP contribution < -0.4 is 10.6 Å². The summed E-state index contributed by atoms with van der Waals surface area (Å²) in [5, 5.41) is 6.87. The fourth-order valence-corrected chi connectivity index (χ4v) is 3.40. The van der Waals surface area contributed by atoms with E-state index in [-0.39, 0.29) is 17.6 Å². The summed E-state index contributed by atoms with van der Waals surface area (Å²) in [6.45, 7) is 10.8. The monoisotopic (exact) mass is 445 g/mol. The van der Waals surface area contributed by atoms with Gasteiger partial charge in [0.15, 0.2) is 5.96 Å². The standard InChI is InChI=1S/C23H35N5O4/c1-5-30-22(29)28-12-9-17(10-13-28)27-21(24-11-8-18-7-6-14-31-18)26-16-20-25-15-19(32-20)23(2,3)4/h6-7,14-15,17H,5,8-13,16H2,1-4H3,(H2,24,26,27).